The van der Waals surface area contributed by atoms with E-state index in [1.807, 2.05) is 19.4 Å². The van der Waals surface area contributed by atoms with Crippen LogP contribution in [0.5, 0.6) is 0 Å². The molecule has 1 aromatic carbocycles. The minimum Gasteiger partial charge on any atom is -0.337 e. The Morgan fingerprint density at radius 2 is 2.05 bits per heavy atom. The monoisotopic (exact) mass is 272 g/mol. The quantitative estimate of drug-likeness (QED) is 0.747. The summed E-state index contributed by atoms with van der Waals surface area (Å²) < 4.78 is 2.05. The average Bonchev–Trinajstić information content (AvgIpc) is 2.85. The van der Waals surface area contributed by atoms with Gasteiger partial charge in [0, 0.05) is 26.0 Å². The molecule has 2 rings (SSSR count). The molecule has 0 fully saturated rings. The van der Waals surface area contributed by atoms with E-state index in [-0.39, 0.29) is 0 Å². The van der Waals surface area contributed by atoms with Crippen molar-refractivity contribution in [3.05, 3.63) is 54.1 Å². The van der Waals surface area contributed by atoms with Gasteiger partial charge in [0.05, 0.1) is 6.54 Å². The number of aryl methyl sites for hydroxylation is 1. The molecular formula is C16H24N4. The summed E-state index contributed by atoms with van der Waals surface area (Å²) in [6.45, 7) is 3.97. The second-order valence-electron chi connectivity index (χ2n) is 5.21. The van der Waals surface area contributed by atoms with Crippen LogP contribution < -0.4 is 5.32 Å². The number of hydrogen-bond donors (Lipinski definition) is 1. The van der Waals surface area contributed by atoms with E-state index in [4.69, 9.17) is 0 Å². The van der Waals surface area contributed by atoms with Crippen LogP contribution in [-0.2, 0) is 20.1 Å². The highest BCUT2D eigenvalue weighted by Gasteiger charge is 2.01. The minimum absolute atomic E-state index is 0.839. The van der Waals surface area contributed by atoms with Gasteiger partial charge in [-0.15, -0.1) is 0 Å². The van der Waals surface area contributed by atoms with E-state index in [1.54, 1.807) is 0 Å². The van der Waals surface area contributed by atoms with E-state index in [0.29, 0.717) is 0 Å². The summed E-state index contributed by atoms with van der Waals surface area (Å²) in [5, 5.41) is 3.44. The van der Waals surface area contributed by atoms with Crippen molar-refractivity contribution >= 4 is 0 Å². The van der Waals surface area contributed by atoms with E-state index in [2.05, 4.69) is 57.1 Å². The molecule has 2 aromatic rings. The van der Waals surface area contributed by atoms with E-state index in [9.17, 15) is 0 Å². The zero-order valence-corrected chi connectivity index (χ0v) is 12.4. The first-order chi connectivity index (χ1) is 9.75. The fourth-order valence-electron chi connectivity index (χ4n) is 2.22. The molecule has 1 N–H and O–H groups in total. The lowest BCUT2D eigenvalue weighted by Crippen LogP contribution is -2.24. The van der Waals surface area contributed by atoms with Gasteiger partial charge in [-0.25, -0.2) is 4.98 Å². The number of hydrogen-bond acceptors (Lipinski definition) is 3. The molecule has 0 aliphatic rings. The van der Waals surface area contributed by atoms with Crippen LogP contribution in [0.25, 0.3) is 0 Å². The topological polar surface area (TPSA) is 33.1 Å². The lowest BCUT2D eigenvalue weighted by molar-refractivity contribution is 0.319. The summed E-state index contributed by atoms with van der Waals surface area (Å²) in [7, 11) is 4.20. The van der Waals surface area contributed by atoms with Gasteiger partial charge in [-0.2, -0.15) is 0 Å². The summed E-state index contributed by atoms with van der Waals surface area (Å²) in [4.78, 5) is 6.65. The van der Waals surface area contributed by atoms with Gasteiger partial charge in [-0.05, 0) is 32.1 Å². The number of nitrogens with one attached hydrogen (secondary N) is 1. The Balaban J connectivity index is 1.58. The van der Waals surface area contributed by atoms with Crippen LogP contribution in [0.2, 0.25) is 0 Å². The zero-order valence-electron chi connectivity index (χ0n) is 12.4. The molecule has 108 valence electrons. The molecule has 0 radical (unpaired) electrons. The van der Waals surface area contributed by atoms with Gasteiger partial charge in [-0.1, -0.05) is 30.3 Å². The van der Waals surface area contributed by atoms with E-state index in [0.717, 1.165) is 38.4 Å². The Morgan fingerprint density at radius 1 is 1.25 bits per heavy atom. The second-order valence-corrected chi connectivity index (χ2v) is 5.21. The molecule has 0 spiro atoms. The third-order valence-electron chi connectivity index (χ3n) is 3.39. The second kappa shape index (κ2) is 7.82. The molecule has 0 amide bonds. The first kappa shape index (κ1) is 14.8. The van der Waals surface area contributed by atoms with Crippen molar-refractivity contribution in [2.45, 2.75) is 19.5 Å². The van der Waals surface area contributed by atoms with Crippen molar-refractivity contribution in [3.63, 3.8) is 0 Å². The van der Waals surface area contributed by atoms with Gasteiger partial charge in [0.2, 0.25) is 0 Å². The standard InChI is InChI=1S/C16H24N4/c1-19(14-15-7-4-3-5-8-15)11-6-9-17-13-16-18-10-12-20(16)2/h3-5,7-8,10,12,17H,6,9,11,13-14H2,1-2H3. The fraction of sp³-hybridized carbons (Fsp3) is 0.438. The zero-order chi connectivity index (χ0) is 14.2. The van der Waals surface area contributed by atoms with Gasteiger partial charge in [0.15, 0.2) is 0 Å². The molecule has 0 atom stereocenters. The molecule has 0 aliphatic carbocycles. The van der Waals surface area contributed by atoms with Crippen molar-refractivity contribution in [2.24, 2.45) is 7.05 Å². The van der Waals surface area contributed by atoms with Gasteiger partial charge in [0.25, 0.3) is 0 Å². The van der Waals surface area contributed by atoms with Crippen LogP contribution in [0.1, 0.15) is 17.8 Å². The maximum absolute atomic E-state index is 4.29. The third kappa shape index (κ3) is 4.79. The molecule has 0 unspecified atom stereocenters. The first-order valence-corrected chi connectivity index (χ1v) is 7.15. The highest BCUT2D eigenvalue weighted by molar-refractivity contribution is 5.14. The van der Waals surface area contributed by atoms with Gasteiger partial charge >= 0.3 is 0 Å². The number of benzene rings is 1. The third-order valence-corrected chi connectivity index (χ3v) is 3.39. The first-order valence-electron chi connectivity index (χ1n) is 7.15. The number of aromatic nitrogens is 2. The molecule has 4 nitrogen and oxygen atoms in total. The predicted molar refractivity (Wildman–Crippen MR) is 82.3 cm³/mol. The van der Waals surface area contributed by atoms with Crippen LogP contribution in [0.3, 0.4) is 0 Å². The maximum atomic E-state index is 4.29. The summed E-state index contributed by atoms with van der Waals surface area (Å²) in [5.41, 5.74) is 1.37. The SMILES string of the molecule is CN(CCCNCc1nccn1C)Cc1ccccc1. The smallest absolute Gasteiger partial charge is 0.122 e. The molecule has 1 aromatic heterocycles. The Labute approximate surface area is 121 Å². The average molecular weight is 272 g/mol. The van der Waals surface area contributed by atoms with E-state index in [1.165, 1.54) is 5.56 Å². The van der Waals surface area contributed by atoms with Crippen LogP contribution in [0.15, 0.2) is 42.7 Å². The van der Waals surface area contributed by atoms with Crippen molar-refractivity contribution in [1.29, 1.82) is 0 Å². The molecule has 4 heteroatoms. The van der Waals surface area contributed by atoms with Gasteiger partial charge in [0.1, 0.15) is 5.82 Å². The van der Waals surface area contributed by atoms with Crippen LogP contribution in [0.4, 0.5) is 0 Å². The van der Waals surface area contributed by atoms with E-state index >= 15 is 0 Å². The Kier molecular flexibility index (Phi) is 5.77. The summed E-state index contributed by atoms with van der Waals surface area (Å²) >= 11 is 0. The lowest BCUT2D eigenvalue weighted by atomic mass is 10.2. The molecular weight excluding hydrogens is 248 g/mol. The molecule has 1 heterocycles. The molecule has 0 bridgehead atoms. The number of nitrogens with zero attached hydrogens (tertiary/aromatic N) is 3. The predicted octanol–water partition coefficient (Wildman–Crippen LogP) is 2.03. The molecule has 20 heavy (non-hydrogen) atoms. The van der Waals surface area contributed by atoms with Crippen LogP contribution in [0, 0.1) is 0 Å². The molecule has 0 saturated heterocycles. The lowest BCUT2D eigenvalue weighted by Gasteiger charge is -2.16. The maximum Gasteiger partial charge on any atom is 0.122 e. The fourth-order valence-corrected chi connectivity index (χ4v) is 2.22. The normalized spacial score (nSPS) is 11.2. The number of imidazole rings is 1. The Bertz CT molecular complexity index is 492. The van der Waals surface area contributed by atoms with Crippen molar-refractivity contribution in [2.75, 3.05) is 20.1 Å². The molecule has 0 saturated carbocycles. The van der Waals surface area contributed by atoms with E-state index < -0.39 is 0 Å². The minimum atomic E-state index is 0.839. The number of rotatable bonds is 8. The van der Waals surface area contributed by atoms with Crippen molar-refractivity contribution in [3.8, 4) is 0 Å². The van der Waals surface area contributed by atoms with Crippen molar-refractivity contribution in [1.82, 2.24) is 19.8 Å². The molecule has 0 aliphatic heterocycles. The van der Waals surface area contributed by atoms with Gasteiger partial charge in [-0.3, -0.25) is 0 Å². The highest BCUT2D eigenvalue weighted by atomic mass is 15.1. The largest absolute Gasteiger partial charge is 0.337 e. The van der Waals surface area contributed by atoms with Crippen molar-refractivity contribution < 1.29 is 0 Å². The van der Waals surface area contributed by atoms with Crippen LogP contribution in [-0.4, -0.2) is 34.6 Å². The summed E-state index contributed by atoms with van der Waals surface area (Å²) in [6, 6.07) is 10.6. The van der Waals surface area contributed by atoms with Gasteiger partial charge < -0.3 is 14.8 Å². The highest BCUT2D eigenvalue weighted by Crippen LogP contribution is 2.02. The summed E-state index contributed by atoms with van der Waals surface area (Å²) in [5.74, 6) is 1.09. The summed E-state index contributed by atoms with van der Waals surface area (Å²) in [6.07, 6.45) is 4.96. The Morgan fingerprint density at radius 3 is 2.75 bits per heavy atom. The van der Waals surface area contributed by atoms with Crippen LogP contribution >= 0.6 is 0 Å². The Hall–Kier alpha value is -1.65.